The van der Waals surface area contributed by atoms with E-state index in [1.165, 1.54) is 5.56 Å². The van der Waals surface area contributed by atoms with Crippen LogP contribution in [0.15, 0.2) is 48.8 Å². The zero-order valence-electron chi connectivity index (χ0n) is 12.2. The van der Waals surface area contributed by atoms with Gasteiger partial charge in [-0.25, -0.2) is 0 Å². The van der Waals surface area contributed by atoms with Gasteiger partial charge in [0.2, 0.25) is 0 Å². The molecule has 1 aromatic heterocycles. The van der Waals surface area contributed by atoms with Crippen molar-refractivity contribution >= 4 is 23.0 Å². The molecular formula is C16H19N3OS. The van der Waals surface area contributed by atoms with Crippen molar-refractivity contribution in [2.24, 2.45) is 0 Å². The van der Waals surface area contributed by atoms with E-state index in [0.29, 0.717) is 5.11 Å². The second kappa shape index (κ2) is 7.59. The Balaban J connectivity index is 1.99. The lowest BCUT2D eigenvalue weighted by atomic mass is 10.0. The summed E-state index contributed by atoms with van der Waals surface area (Å²) in [5, 5.41) is 7.04. The first kappa shape index (κ1) is 15.3. The van der Waals surface area contributed by atoms with Crippen molar-refractivity contribution in [3.05, 3.63) is 54.4 Å². The molecule has 110 valence electrons. The highest BCUT2D eigenvalue weighted by Gasteiger charge is 2.10. The lowest BCUT2D eigenvalue weighted by molar-refractivity contribution is 0.414. The maximum absolute atomic E-state index is 5.35. The SMILES string of the molecule is CCC(NC(=S)Nc1cccnc1)c1ccc(OC)cc1. The minimum Gasteiger partial charge on any atom is -0.497 e. The van der Waals surface area contributed by atoms with E-state index in [9.17, 15) is 0 Å². The van der Waals surface area contributed by atoms with Crippen LogP contribution in [0.5, 0.6) is 5.75 Å². The number of rotatable bonds is 5. The van der Waals surface area contributed by atoms with E-state index in [1.807, 2.05) is 36.4 Å². The van der Waals surface area contributed by atoms with Crippen LogP contribution in [0.4, 0.5) is 5.69 Å². The zero-order chi connectivity index (χ0) is 15.1. The summed E-state index contributed by atoms with van der Waals surface area (Å²) in [6.45, 7) is 2.12. The van der Waals surface area contributed by atoms with E-state index in [0.717, 1.165) is 17.9 Å². The van der Waals surface area contributed by atoms with Gasteiger partial charge in [0.15, 0.2) is 5.11 Å². The molecule has 1 unspecified atom stereocenters. The van der Waals surface area contributed by atoms with E-state index >= 15 is 0 Å². The van der Waals surface area contributed by atoms with Crippen LogP contribution in [0.25, 0.3) is 0 Å². The van der Waals surface area contributed by atoms with Crippen molar-refractivity contribution < 1.29 is 4.74 Å². The first-order chi connectivity index (χ1) is 10.2. The largest absolute Gasteiger partial charge is 0.497 e. The number of hydrogen-bond donors (Lipinski definition) is 2. The normalized spacial score (nSPS) is 11.5. The summed E-state index contributed by atoms with van der Waals surface area (Å²) in [5.41, 5.74) is 2.05. The molecule has 2 N–H and O–H groups in total. The van der Waals surface area contributed by atoms with E-state index in [2.05, 4.69) is 22.5 Å². The Kier molecular flexibility index (Phi) is 5.51. The van der Waals surface area contributed by atoms with Gasteiger partial charge in [0, 0.05) is 6.20 Å². The number of thiocarbonyl (C=S) groups is 1. The Morgan fingerprint density at radius 1 is 1.29 bits per heavy atom. The highest BCUT2D eigenvalue weighted by atomic mass is 32.1. The fourth-order valence-electron chi connectivity index (χ4n) is 2.02. The summed E-state index contributed by atoms with van der Waals surface area (Å²) in [7, 11) is 1.66. The third kappa shape index (κ3) is 4.43. The van der Waals surface area contributed by atoms with Crippen molar-refractivity contribution in [3.8, 4) is 5.75 Å². The summed E-state index contributed by atoms with van der Waals surface area (Å²) >= 11 is 5.35. The second-order valence-electron chi connectivity index (χ2n) is 4.57. The first-order valence-corrected chi connectivity index (χ1v) is 7.25. The summed E-state index contributed by atoms with van der Waals surface area (Å²) in [5.74, 6) is 0.852. The molecule has 0 spiro atoms. The molecule has 0 aliphatic rings. The quantitative estimate of drug-likeness (QED) is 0.827. The van der Waals surface area contributed by atoms with Gasteiger partial charge < -0.3 is 15.4 Å². The van der Waals surface area contributed by atoms with Gasteiger partial charge in [-0.3, -0.25) is 4.98 Å². The highest BCUT2D eigenvalue weighted by Crippen LogP contribution is 2.20. The molecule has 2 rings (SSSR count). The van der Waals surface area contributed by atoms with E-state index in [-0.39, 0.29) is 6.04 Å². The lowest BCUT2D eigenvalue weighted by Crippen LogP contribution is -2.32. The van der Waals surface area contributed by atoms with Crippen LogP contribution in [0, 0.1) is 0 Å². The molecule has 0 radical (unpaired) electrons. The molecule has 1 atom stereocenters. The zero-order valence-corrected chi connectivity index (χ0v) is 13.0. The third-order valence-electron chi connectivity index (χ3n) is 3.15. The number of benzene rings is 1. The molecule has 2 aromatic rings. The Morgan fingerprint density at radius 2 is 2.05 bits per heavy atom. The van der Waals surface area contributed by atoms with Gasteiger partial charge >= 0.3 is 0 Å². The van der Waals surface area contributed by atoms with Crippen LogP contribution in [-0.4, -0.2) is 17.2 Å². The third-order valence-corrected chi connectivity index (χ3v) is 3.37. The summed E-state index contributed by atoms with van der Waals surface area (Å²) in [4.78, 5) is 4.05. The number of nitrogens with one attached hydrogen (secondary N) is 2. The predicted molar refractivity (Wildman–Crippen MR) is 89.6 cm³/mol. The minimum atomic E-state index is 0.160. The molecule has 0 aliphatic heterocycles. The molecule has 21 heavy (non-hydrogen) atoms. The van der Waals surface area contributed by atoms with E-state index < -0.39 is 0 Å². The molecule has 1 heterocycles. The average Bonchev–Trinajstić information content (AvgIpc) is 2.53. The molecule has 5 heteroatoms. The lowest BCUT2D eigenvalue weighted by Gasteiger charge is -2.20. The van der Waals surface area contributed by atoms with Gasteiger partial charge in [0.05, 0.1) is 25.0 Å². The molecule has 0 fully saturated rings. The number of pyridine rings is 1. The van der Waals surface area contributed by atoms with Crippen LogP contribution in [0.2, 0.25) is 0 Å². The smallest absolute Gasteiger partial charge is 0.171 e. The fourth-order valence-corrected chi connectivity index (χ4v) is 2.28. The van der Waals surface area contributed by atoms with Crippen LogP contribution in [-0.2, 0) is 0 Å². The van der Waals surface area contributed by atoms with Crippen molar-refractivity contribution in [2.75, 3.05) is 12.4 Å². The fraction of sp³-hybridized carbons (Fsp3) is 0.250. The number of anilines is 1. The molecule has 0 saturated heterocycles. The number of hydrogen-bond acceptors (Lipinski definition) is 3. The van der Waals surface area contributed by atoms with Gasteiger partial charge in [-0.2, -0.15) is 0 Å². The molecule has 0 saturated carbocycles. The van der Waals surface area contributed by atoms with Crippen molar-refractivity contribution in [1.29, 1.82) is 0 Å². The minimum absolute atomic E-state index is 0.160. The monoisotopic (exact) mass is 301 g/mol. The standard InChI is InChI=1S/C16H19N3OS/c1-3-15(12-6-8-14(20-2)9-7-12)19-16(21)18-13-5-4-10-17-11-13/h4-11,15H,3H2,1-2H3,(H2,18,19,21). The van der Waals surface area contributed by atoms with Gasteiger partial charge in [-0.05, 0) is 48.5 Å². The van der Waals surface area contributed by atoms with Crippen LogP contribution < -0.4 is 15.4 Å². The summed E-state index contributed by atoms with van der Waals surface area (Å²) < 4.78 is 5.18. The van der Waals surface area contributed by atoms with Crippen LogP contribution in [0.3, 0.4) is 0 Å². The predicted octanol–water partition coefficient (Wildman–Crippen LogP) is 3.53. The molecule has 0 bridgehead atoms. The second-order valence-corrected chi connectivity index (χ2v) is 4.98. The Bertz CT molecular complexity index is 572. The van der Waals surface area contributed by atoms with Crippen LogP contribution in [0.1, 0.15) is 24.9 Å². The summed E-state index contributed by atoms with van der Waals surface area (Å²) in [6, 6.07) is 12.0. The molecular weight excluding hydrogens is 282 g/mol. The van der Waals surface area contributed by atoms with E-state index in [4.69, 9.17) is 17.0 Å². The van der Waals surface area contributed by atoms with Crippen LogP contribution >= 0.6 is 12.2 Å². The van der Waals surface area contributed by atoms with Gasteiger partial charge in [0.1, 0.15) is 5.75 Å². The Labute approximate surface area is 130 Å². The van der Waals surface area contributed by atoms with Crippen molar-refractivity contribution in [3.63, 3.8) is 0 Å². The number of ether oxygens (including phenoxy) is 1. The molecule has 0 amide bonds. The maximum atomic E-state index is 5.35. The molecule has 0 aliphatic carbocycles. The Morgan fingerprint density at radius 3 is 2.62 bits per heavy atom. The first-order valence-electron chi connectivity index (χ1n) is 6.84. The maximum Gasteiger partial charge on any atom is 0.171 e. The van der Waals surface area contributed by atoms with E-state index in [1.54, 1.807) is 19.5 Å². The Hall–Kier alpha value is -2.14. The number of nitrogens with zero attached hydrogens (tertiary/aromatic N) is 1. The average molecular weight is 301 g/mol. The topological polar surface area (TPSA) is 46.2 Å². The van der Waals surface area contributed by atoms with Gasteiger partial charge in [0.25, 0.3) is 0 Å². The van der Waals surface area contributed by atoms with Crippen molar-refractivity contribution in [2.45, 2.75) is 19.4 Å². The molecule has 4 nitrogen and oxygen atoms in total. The van der Waals surface area contributed by atoms with Gasteiger partial charge in [-0.1, -0.05) is 19.1 Å². The number of methoxy groups -OCH3 is 1. The highest BCUT2D eigenvalue weighted by molar-refractivity contribution is 7.80. The number of aromatic nitrogens is 1. The van der Waals surface area contributed by atoms with Crippen molar-refractivity contribution in [1.82, 2.24) is 10.3 Å². The summed E-state index contributed by atoms with van der Waals surface area (Å²) in [6.07, 6.45) is 4.40. The van der Waals surface area contributed by atoms with Gasteiger partial charge in [-0.15, -0.1) is 0 Å². The molecule has 1 aromatic carbocycles.